The monoisotopic (exact) mass is 242 g/mol. The Hall–Kier alpha value is -0.330. The number of carbonyl (C=O) groups is 1. The summed E-state index contributed by atoms with van der Waals surface area (Å²) in [5.74, 6) is -0.407. The smallest absolute Gasteiger partial charge is 0.237 e. The molecule has 0 radical (unpaired) electrons. The second-order valence-electron chi connectivity index (χ2n) is 2.74. The number of hydrogen-bond donors (Lipinski definition) is 1. The molecular formula is C7H15ClN2O3S. The fourth-order valence-corrected chi connectivity index (χ4v) is 1.96. The molecule has 0 heterocycles. The average Bonchev–Trinajstić information content (AvgIpc) is 2.13. The van der Waals surface area contributed by atoms with Gasteiger partial charge in [0.05, 0.1) is 12.3 Å². The minimum Gasteiger partial charge on any atom is -0.345 e. The fraction of sp³-hybridized carbons (Fsp3) is 0.857. The van der Waals surface area contributed by atoms with E-state index in [0.717, 1.165) is 0 Å². The van der Waals surface area contributed by atoms with Crippen molar-refractivity contribution in [2.45, 2.75) is 6.92 Å². The van der Waals surface area contributed by atoms with Crippen molar-refractivity contribution >= 4 is 27.5 Å². The molecule has 0 fully saturated rings. The lowest BCUT2D eigenvalue weighted by atomic mass is 10.5. The number of sulfonamides is 1. The second-order valence-corrected chi connectivity index (χ2v) is 5.04. The zero-order valence-electron chi connectivity index (χ0n) is 8.29. The van der Waals surface area contributed by atoms with Gasteiger partial charge in [-0.05, 0) is 6.92 Å². The summed E-state index contributed by atoms with van der Waals surface area (Å²) in [6.07, 6.45) is 0. The molecule has 0 unspecified atom stereocenters. The Morgan fingerprint density at radius 2 is 2.07 bits per heavy atom. The SMILES string of the molecule is CCN(C)C(=O)CNS(=O)(=O)CCCl. The van der Waals surface area contributed by atoms with Gasteiger partial charge >= 0.3 is 0 Å². The van der Waals surface area contributed by atoms with Crippen molar-refractivity contribution in [3.8, 4) is 0 Å². The number of rotatable bonds is 6. The van der Waals surface area contributed by atoms with Crippen LogP contribution in [-0.4, -0.2) is 51.0 Å². The summed E-state index contributed by atoms with van der Waals surface area (Å²) in [4.78, 5) is 12.6. The lowest BCUT2D eigenvalue weighted by molar-refractivity contribution is -0.128. The normalized spacial score (nSPS) is 11.4. The van der Waals surface area contributed by atoms with Crippen molar-refractivity contribution in [2.75, 3.05) is 31.8 Å². The van der Waals surface area contributed by atoms with Gasteiger partial charge in [0.2, 0.25) is 15.9 Å². The highest BCUT2D eigenvalue weighted by molar-refractivity contribution is 7.89. The Balaban J connectivity index is 4.00. The number of amides is 1. The summed E-state index contributed by atoms with van der Waals surface area (Å²) in [7, 11) is -1.79. The van der Waals surface area contributed by atoms with Gasteiger partial charge in [-0.3, -0.25) is 4.79 Å². The fourth-order valence-electron chi connectivity index (χ4n) is 0.657. The maximum atomic E-state index is 11.2. The molecule has 14 heavy (non-hydrogen) atoms. The third-order valence-electron chi connectivity index (χ3n) is 1.69. The number of likely N-dealkylation sites (N-methyl/N-ethyl adjacent to an activating group) is 1. The molecule has 7 heteroatoms. The zero-order chi connectivity index (χ0) is 11.2. The van der Waals surface area contributed by atoms with Crippen LogP contribution >= 0.6 is 11.6 Å². The van der Waals surface area contributed by atoms with Crippen LogP contribution in [0.1, 0.15) is 6.92 Å². The highest BCUT2D eigenvalue weighted by Gasteiger charge is 2.12. The van der Waals surface area contributed by atoms with Crippen LogP contribution in [0.25, 0.3) is 0 Å². The first-order valence-corrected chi connectivity index (χ1v) is 6.39. The molecule has 1 N–H and O–H groups in total. The zero-order valence-corrected chi connectivity index (χ0v) is 9.86. The molecule has 84 valence electrons. The molecule has 0 aliphatic heterocycles. The van der Waals surface area contributed by atoms with Crippen LogP contribution in [0.4, 0.5) is 0 Å². The number of hydrogen-bond acceptors (Lipinski definition) is 3. The first-order valence-electron chi connectivity index (χ1n) is 4.20. The predicted octanol–water partition coefficient (Wildman–Crippen LogP) is -0.377. The Labute approximate surface area is 89.5 Å². The third kappa shape index (κ3) is 5.41. The summed E-state index contributed by atoms with van der Waals surface area (Å²) in [5.41, 5.74) is 0. The van der Waals surface area contributed by atoms with Crippen molar-refractivity contribution in [1.29, 1.82) is 0 Å². The molecule has 0 saturated heterocycles. The van der Waals surface area contributed by atoms with Gasteiger partial charge in [-0.2, -0.15) is 0 Å². The summed E-state index contributed by atoms with van der Waals surface area (Å²) in [6, 6.07) is 0. The van der Waals surface area contributed by atoms with Gasteiger partial charge in [0.1, 0.15) is 0 Å². The van der Waals surface area contributed by atoms with Crippen molar-refractivity contribution in [1.82, 2.24) is 9.62 Å². The molecule has 0 aromatic rings. The lowest BCUT2D eigenvalue weighted by Crippen LogP contribution is -2.39. The molecule has 0 aliphatic carbocycles. The standard InChI is InChI=1S/C7H15ClN2O3S/c1-3-10(2)7(11)6-9-14(12,13)5-4-8/h9H,3-6H2,1-2H3. The van der Waals surface area contributed by atoms with E-state index >= 15 is 0 Å². The van der Waals surface area contributed by atoms with Crippen LogP contribution in [0.2, 0.25) is 0 Å². The minimum atomic E-state index is -3.40. The van der Waals surface area contributed by atoms with Crippen molar-refractivity contribution in [3.05, 3.63) is 0 Å². The number of nitrogens with one attached hydrogen (secondary N) is 1. The molecule has 0 spiro atoms. The molecule has 1 amide bonds. The average molecular weight is 243 g/mol. The maximum absolute atomic E-state index is 11.2. The van der Waals surface area contributed by atoms with Crippen molar-refractivity contribution in [3.63, 3.8) is 0 Å². The quantitative estimate of drug-likeness (QED) is 0.646. The largest absolute Gasteiger partial charge is 0.345 e. The first-order chi connectivity index (χ1) is 6.43. The van der Waals surface area contributed by atoms with E-state index in [1.807, 2.05) is 6.92 Å². The van der Waals surface area contributed by atoms with Gasteiger partial charge in [-0.15, -0.1) is 11.6 Å². The molecular weight excluding hydrogens is 228 g/mol. The van der Waals surface area contributed by atoms with E-state index in [-0.39, 0.29) is 24.1 Å². The second kappa shape index (κ2) is 6.21. The molecule has 0 aromatic carbocycles. The third-order valence-corrected chi connectivity index (χ3v) is 3.43. The summed E-state index contributed by atoms with van der Waals surface area (Å²) in [6.45, 7) is 2.16. The molecule has 0 saturated carbocycles. The molecule has 0 atom stereocenters. The Bertz CT molecular complexity index is 279. The first kappa shape index (κ1) is 13.7. The Morgan fingerprint density at radius 1 is 1.50 bits per heavy atom. The van der Waals surface area contributed by atoms with Crippen LogP contribution in [0.15, 0.2) is 0 Å². The maximum Gasteiger partial charge on any atom is 0.237 e. The Morgan fingerprint density at radius 3 is 2.50 bits per heavy atom. The molecule has 0 aliphatic rings. The van der Waals surface area contributed by atoms with Gasteiger partial charge in [0, 0.05) is 19.5 Å². The van der Waals surface area contributed by atoms with E-state index in [0.29, 0.717) is 6.54 Å². The highest BCUT2D eigenvalue weighted by atomic mass is 35.5. The van der Waals surface area contributed by atoms with Gasteiger partial charge in [0.15, 0.2) is 0 Å². The van der Waals surface area contributed by atoms with Crippen LogP contribution in [0.3, 0.4) is 0 Å². The summed E-state index contributed by atoms with van der Waals surface area (Å²) >= 11 is 5.28. The van der Waals surface area contributed by atoms with Gasteiger partial charge < -0.3 is 4.90 Å². The van der Waals surface area contributed by atoms with E-state index in [4.69, 9.17) is 11.6 Å². The van der Waals surface area contributed by atoms with E-state index in [1.54, 1.807) is 7.05 Å². The van der Waals surface area contributed by atoms with E-state index in [9.17, 15) is 13.2 Å². The minimum absolute atomic E-state index is 0.0210. The van der Waals surface area contributed by atoms with E-state index in [2.05, 4.69) is 4.72 Å². The van der Waals surface area contributed by atoms with E-state index in [1.165, 1.54) is 4.90 Å². The van der Waals surface area contributed by atoms with Crippen LogP contribution in [0, 0.1) is 0 Å². The van der Waals surface area contributed by atoms with Crippen LogP contribution in [0.5, 0.6) is 0 Å². The van der Waals surface area contributed by atoms with Crippen molar-refractivity contribution < 1.29 is 13.2 Å². The summed E-state index contributed by atoms with van der Waals surface area (Å²) in [5, 5.41) is 0. The number of halogens is 1. The molecule has 0 rings (SSSR count). The molecule has 0 aromatic heterocycles. The molecule has 5 nitrogen and oxygen atoms in total. The topological polar surface area (TPSA) is 66.5 Å². The Kier molecular flexibility index (Phi) is 6.06. The van der Waals surface area contributed by atoms with Gasteiger partial charge in [0.25, 0.3) is 0 Å². The van der Waals surface area contributed by atoms with Crippen LogP contribution in [-0.2, 0) is 14.8 Å². The van der Waals surface area contributed by atoms with E-state index < -0.39 is 10.0 Å². The number of nitrogens with zero attached hydrogens (tertiary/aromatic N) is 1. The van der Waals surface area contributed by atoms with Crippen LogP contribution < -0.4 is 4.72 Å². The van der Waals surface area contributed by atoms with Gasteiger partial charge in [-0.25, -0.2) is 13.1 Å². The number of carbonyl (C=O) groups excluding carboxylic acids is 1. The lowest BCUT2D eigenvalue weighted by Gasteiger charge is -2.14. The van der Waals surface area contributed by atoms with Gasteiger partial charge in [-0.1, -0.05) is 0 Å². The number of alkyl halides is 1. The predicted molar refractivity (Wildman–Crippen MR) is 55.8 cm³/mol. The molecule has 0 bridgehead atoms. The van der Waals surface area contributed by atoms with Crippen molar-refractivity contribution in [2.24, 2.45) is 0 Å². The summed E-state index contributed by atoms with van der Waals surface area (Å²) < 4.78 is 24.3. The highest BCUT2D eigenvalue weighted by Crippen LogP contribution is 1.88.